The molecule has 2 heterocycles. The number of imide groups is 1. The number of ether oxygens (including phenoxy) is 3. The van der Waals surface area contributed by atoms with Crippen molar-refractivity contribution in [2.24, 2.45) is 5.92 Å². The Hall–Kier alpha value is -3.23. The fourth-order valence-corrected chi connectivity index (χ4v) is 6.83. The molecule has 1 aromatic heterocycles. The second-order valence-electron chi connectivity index (χ2n) is 11.8. The summed E-state index contributed by atoms with van der Waals surface area (Å²) in [6.45, 7) is 10.6. The van der Waals surface area contributed by atoms with Crippen LogP contribution in [0.1, 0.15) is 76.7 Å². The number of allylic oxidation sites excluding steroid dienone is 1. The van der Waals surface area contributed by atoms with Gasteiger partial charge in [-0.15, -0.1) is 6.58 Å². The van der Waals surface area contributed by atoms with Gasteiger partial charge in [0.05, 0.1) is 14.2 Å². The predicted octanol–water partition coefficient (Wildman–Crippen LogP) is 6.82. The van der Waals surface area contributed by atoms with Crippen LogP contribution in [-0.2, 0) is 9.53 Å². The maximum atomic E-state index is 14.6. The highest BCUT2D eigenvalue weighted by Crippen LogP contribution is 2.37. The summed E-state index contributed by atoms with van der Waals surface area (Å²) in [6, 6.07) is 5.10. The maximum absolute atomic E-state index is 14.6. The van der Waals surface area contributed by atoms with Crippen molar-refractivity contribution >= 4 is 28.8 Å². The summed E-state index contributed by atoms with van der Waals surface area (Å²) in [5.41, 5.74) is 0.836. The van der Waals surface area contributed by atoms with E-state index in [0.29, 0.717) is 12.3 Å². The van der Waals surface area contributed by atoms with E-state index in [-0.39, 0.29) is 35.0 Å². The number of benzene rings is 1. The Morgan fingerprint density at radius 2 is 1.93 bits per heavy atom. The third kappa shape index (κ3) is 6.70. The van der Waals surface area contributed by atoms with Crippen molar-refractivity contribution in [1.82, 2.24) is 10.3 Å². The van der Waals surface area contributed by atoms with E-state index in [4.69, 9.17) is 14.2 Å². The number of hydrogen-bond acceptors (Lipinski definition) is 7. The van der Waals surface area contributed by atoms with Gasteiger partial charge < -0.3 is 19.5 Å². The number of quaternary nitrogens is 1. The number of rotatable bonds is 13. The largest absolute Gasteiger partial charge is 0.523 e. The van der Waals surface area contributed by atoms with Gasteiger partial charge in [-0.2, -0.15) is 9.28 Å². The van der Waals surface area contributed by atoms with Crippen molar-refractivity contribution in [2.75, 3.05) is 27.3 Å². The zero-order valence-electron chi connectivity index (χ0n) is 25.6. The van der Waals surface area contributed by atoms with Gasteiger partial charge in [-0.05, 0) is 75.1 Å². The molecule has 4 rings (SSSR count). The molecule has 1 aliphatic carbocycles. The standard InChI is InChI=1S/C34H48N3O5/c1-6-8-9-10-14-18-35-31(26-15-12-11-13-16-26)33(38)37(34(39)41-5)23-28(20-24(37)3)42-32-29-21-25(7-2)30(40-4)22-27(29)17-19-36-32/h6-7,17,19,21-22,24,26,28,31,35H,1-2,8-16,18,20,23H2,3-5H3/q+1/t24-,28-,31+,37?/m1/s1. The summed E-state index contributed by atoms with van der Waals surface area (Å²) < 4.78 is 17.0. The Balaban J connectivity index is 1.60. The maximum Gasteiger partial charge on any atom is 0.523 e. The number of hydrogen-bond donors (Lipinski definition) is 1. The molecule has 228 valence electrons. The number of carbonyl (C=O) groups excluding carboxylic acids is 2. The Kier molecular flexibility index (Phi) is 11.2. The van der Waals surface area contributed by atoms with Gasteiger partial charge in [-0.3, -0.25) is 0 Å². The first-order valence-electron chi connectivity index (χ1n) is 15.5. The van der Waals surface area contributed by atoms with Crippen LogP contribution in [0.2, 0.25) is 0 Å². The van der Waals surface area contributed by atoms with Gasteiger partial charge in [-0.25, -0.2) is 9.78 Å². The van der Waals surface area contributed by atoms with E-state index in [2.05, 4.69) is 23.5 Å². The van der Waals surface area contributed by atoms with Gasteiger partial charge in [-0.1, -0.05) is 44.4 Å². The minimum absolute atomic E-state index is 0.0944. The lowest BCUT2D eigenvalue weighted by atomic mass is 9.82. The van der Waals surface area contributed by atoms with E-state index in [0.717, 1.165) is 80.0 Å². The van der Waals surface area contributed by atoms with Crippen LogP contribution in [0, 0.1) is 5.92 Å². The van der Waals surface area contributed by atoms with Gasteiger partial charge in [0.2, 0.25) is 5.88 Å². The monoisotopic (exact) mass is 578 g/mol. The molecule has 0 spiro atoms. The molecule has 4 atom stereocenters. The van der Waals surface area contributed by atoms with E-state index in [1.54, 1.807) is 19.4 Å². The molecular weight excluding hydrogens is 530 g/mol. The molecule has 2 amide bonds. The summed E-state index contributed by atoms with van der Waals surface area (Å²) in [6.07, 6.45) is 14.6. The summed E-state index contributed by atoms with van der Waals surface area (Å²) in [5, 5.41) is 5.36. The number of aromatic nitrogens is 1. The number of fused-ring (bicyclic) bond motifs is 1. The van der Waals surface area contributed by atoms with Crippen LogP contribution in [-0.4, -0.2) is 67.0 Å². The number of carbonyl (C=O) groups is 2. The first-order chi connectivity index (χ1) is 20.4. The smallest absolute Gasteiger partial charge is 0.496 e. The molecule has 2 aliphatic rings. The number of methoxy groups -OCH3 is 2. The highest BCUT2D eigenvalue weighted by molar-refractivity contribution is 5.91. The van der Waals surface area contributed by atoms with E-state index < -0.39 is 12.1 Å². The van der Waals surface area contributed by atoms with E-state index in [1.807, 2.05) is 31.2 Å². The molecule has 1 unspecified atom stereocenters. The van der Waals surface area contributed by atoms with Crippen molar-refractivity contribution in [2.45, 2.75) is 89.3 Å². The molecule has 0 bridgehead atoms. The van der Waals surface area contributed by atoms with Gasteiger partial charge in [0.1, 0.15) is 24.4 Å². The van der Waals surface area contributed by atoms with E-state index in [1.165, 1.54) is 13.5 Å². The number of nitrogens with zero attached hydrogens (tertiary/aromatic N) is 2. The van der Waals surface area contributed by atoms with Crippen molar-refractivity contribution in [3.05, 3.63) is 49.2 Å². The third-order valence-electron chi connectivity index (χ3n) is 9.15. The number of likely N-dealkylation sites (tertiary alicyclic amines) is 1. The second-order valence-corrected chi connectivity index (χ2v) is 11.8. The van der Waals surface area contributed by atoms with Crippen LogP contribution in [0.4, 0.5) is 4.79 Å². The first-order valence-corrected chi connectivity index (χ1v) is 15.5. The molecule has 1 N–H and O–H groups in total. The van der Waals surface area contributed by atoms with Gasteiger partial charge in [0.25, 0.3) is 0 Å². The molecule has 1 aliphatic heterocycles. The van der Waals surface area contributed by atoms with E-state index >= 15 is 0 Å². The van der Waals surface area contributed by atoms with Crippen molar-refractivity contribution in [3.63, 3.8) is 0 Å². The number of unbranched alkanes of at least 4 members (excludes halogenated alkanes) is 3. The highest BCUT2D eigenvalue weighted by atomic mass is 16.6. The molecule has 1 aromatic carbocycles. The second kappa shape index (κ2) is 14.8. The topological polar surface area (TPSA) is 86.8 Å². The van der Waals surface area contributed by atoms with Crippen molar-refractivity contribution < 1.29 is 28.3 Å². The molecule has 8 nitrogen and oxygen atoms in total. The molecule has 0 radical (unpaired) electrons. The summed E-state index contributed by atoms with van der Waals surface area (Å²) in [5.74, 6) is 1.30. The van der Waals surface area contributed by atoms with Gasteiger partial charge in [0, 0.05) is 23.6 Å². The van der Waals surface area contributed by atoms with Crippen LogP contribution in [0.25, 0.3) is 16.8 Å². The van der Waals surface area contributed by atoms with Crippen LogP contribution < -0.4 is 14.8 Å². The average molecular weight is 579 g/mol. The van der Waals surface area contributed by atoms with Crippen LogP contribution in [0.15, 0.2) is 43.6 Å². The molecular formula is C34H48N3O5+. The molecule has 8 heteroatoms. The van der Waals surface area contributed by atoms with Gasteiger partial charge >= 0.3 is 12.0 Å². The molecule has 1 saturated heterocycles. The minimum Gasteiger partial charge on any atom is -0.496 e. The van der Waals surface area contributed by atoms with Gasteiger partial charge in [0.15, 0.2) is 6.10 Å². The Bertz CT molecular complexity index is 1260. The van der Waals surface area contributed by atoms with Crippen LogP contribution in [0.5, 0.6) is 11.6 Å². The zero-order valence-corrected chi connectivity index (χ0v) is 25.6. The summed E-state index contributed by atoms with van der Waals surface area (Å²) in [7, 11) is 3.00. The lowest BCUT2D eigenvalue weighted by molar-refractivity contribution is -0.794. The molecule has 1 saturated carbocycles. The number of pyridine rings is 1. The number of amides is 2. The molecule has 42 heavy (non-hydrogen) atoms. The van der Waals surface area contributed by atoms with E-state index in [9.17, 15) is 9.59 Å². The summed E-state index contributed by atoms with van der Waals surface area (Å²) in [4.78, 5) is 32.7. The highest BCUT2D eigenvalue weighted by Gasteiger charge is 2.60. The lowest BCUT2D eigenvalue weighted by Crippen LogP contribution is -2.66. The SMILES string of the molecule is C=CCCCCCN[C@H](C(=O)[N+]1(C(=O)OC)C[C@H](Oc2nccc3cc(OC)c(C=C)cc23)C[C@H]1C)C1CCCCC1. The molecule has 2 fully saturated rings. The molecule has 2 aromatic rings. The average Bonchev–Trinajstić information content (AvgIpc) is 3.35. The normalized spacial score (nSPS) is 23.3. The lowest BCUT2D eigenvalue weighted by Gasteiger charge is -2.37. The van der Waals surface area contributed by atoms with Crippen LogP contribution >= 0.6 is 0 Å². The predicted molar refractivity (Wildman–Crippen MR) is 166 cm³/mol. The van der Waals surface area contributed by atoms with Crippen LogP contribution in [0.3, 0.4) is 0 Å². The Labute approximate surface area is 250 Å². The Morgan fingerprint density at radius 1 is 1.14 bits per heavy atom. The minimum atomic E-state index is -0.517. The first kappa shape index (κ1) is 31.7. The fourth-order valence-electron chi connectivity index (χ4n) is 6.83. The third-order valence-corrected chi connectivity index (χ3v) is 9.15. The summed E-state index contributed by atoms with van der Waals surface area (Å²) >= 11 is 0. The van der Waals surface area contributed by atoms with Crippen molar-refractivity contribution in [1.29, 1.82) is 0 Å². The number of nitrogens with one attached hydrogen (secondary N) is 1. The quantitative estimate of drug-likeness (QED) is 0.159. The fraction of sp³-hybridized carbons (Fsp3) is 0.559. The Morgan fingerprint density at radius 3 is 2.62 bits per heavy atom. The van der Waals surface area contributed by atoms with Crippen molar-refractivity contribution in [3.8, 4) is 11.6 Å². The zero-order chi connectivity index (χ0) is 30.1.